The summed E-state index contributed by atoms with van der Waals surface area (Å²) in [5.74, 6) is -0.342. The van der Waals surface area contributed by atoms with Gasteiger partial charge in [0.1, 0.15) is 0 Å². The molecule has 2 rings (SSSR count). The summed E-state index contributed by atoms with van der Waals surface area (Å²) in [6.45, 7) is 2.43. The first kappa shape index (κ1) is 15.8. The Labute approximate surface area is 130 Å². The predicted molar refractivity (Wildman–Crippen MR) is 86.2 cm³/mol. The van der Waals surface area contributed by atoms with Gasteiger partial charge in [0.15, 0.2) is 0 Å². The summed E-state index contributed by atoms with van der Waals surface area (Å²) in [6, 6.07) is 17.4. The molecule has 2 aromatic carbocycles. The van der Waals surface area contributed by atoms with Crippen molar-refractivity contribution in [2.24, 2.45) is 0 Å². The lowest BCUT2D eigenvalue weighted by molar-refractivity contribution is -0.125. The molecule has 22 heavy (non-hydrogen) atoms. The van der Waals surface area contributed by atoms with E-state index in [-0.39, 0.29) is 18.4 Å². The molecule has 0 aliphatic rings. The van der Waals surface area contributed by atoms with Gasteiger partial charge in [0.2, 0.25) is 11.8 Å². The Bertz CT molecular complexity index is 639. The number of rotatable bonds is 6. The van der Waals surface area contributed by atoms with Crippen LogP contribution in [0.1, 0.15) is 16.7 Å². The van der Waals surface area contributed by atoms with Crippen LogP contribution in [0.3, 0.4) is 0 Å². The molecule has 0 radical (unpaired) electrons. The van der Waals surface area contributed by atoms with Crippen molar-refractivity contribution in [3.63, 3.8) is 0 Å². The van der Waals surface area contributed by atoms with E-state index in [1.807, 2.05) is 61.5 Å². The number of hydrogen-bond donors (Lipinski definition) is 2. The highest BCUT2D eigenvalue weighted by Crippen LogP contribution is 2.07. The van der Waals surface area contributed by atoms with Gasteiger partial charge in [0.25, 0.3) is 0 Å². The molecule has 0 atom stereocenters. The molecular formula is C18H20N2O2. The van der Waals surface area contributed by atoms with E-state index >= 15 is 0 Å². The first-order chi connectivity index (χ1) is 10.6. The van der Waals surface area contributed by atoms with Gasteiger partial charge < -0.3 is 10.6 Å². The number of nitrogens with one attached hydrogen (secondary N) is 2. The fourth-order valence-corrected chi connectivity index (χ4v) is 2.08. The largest absolute Gasteiger partial charge is 0.350 e. The van der Waals surface area contributed by atoms with Crippen LogP contribution in [0.25, 0.3) is 0 Å². The third-order valence-corrected chi connectivity index (χ3v) is 3.39. The average Bonchev–Trinajstić information content (AvgIpc) is 2.54. The summed E-state index contributed by atoms with van der Waals surface area (Å²) in [5.41, 5.74) is 3.08. The Morgan fingerprint density at radius 3 is 2.27 bits per heavy atom. The van der Waals surface area contributed by atoms with Gasteiger partial charge >= 0.3 is 0 Å². The topological polar surface area (TPSA) is 58.2 Å². The van der Waals surface area contributed by atoms with E-state index in [4.69, 9.17) is 0 Å². The molecule has 0 aliphatic carbocycles. The summed E-state index contributed by atoms with van der Waals surface area (Å²) >= 11 is 0. The van der Waals surface area contributed by atoms with Gasteiger partial charge in [-0.3, -0.25) is 9.59 Å². The fraction of sp³-hybridized carbons (Fsp3) is 0.222. The predicted octanol–water partition coefficient (Wildman–Crippen LogP) is 1.97. The third-order valence-electron chi connectivity index (χ3n) is 3.39. The van der Waals surface area contributed by atoms with Crippen molar-refractivity contribution >= 4 is 11.8 Å². The Balaban J connectivity index is 1.72. The first-order valence-electron chi connectivity index (χ1n) is 7.27. The van der Waals surface area contributed by atoms with Crippen LogP contribution in [-0.4, -0.2) is 18.4 Å². The molecule has 4 nitrogen and oxygen atoms in total. The van der Waals surface area contributed by atoms with Crippen molar-refractivity contribution in [1.29, 1.82) is 0 Å². The van der Waals surface area contributed by atoms with Gasteiger partial charge in [-0.2, -0.15) is 0 Å². The van der Waals surface area contributed by atoms with Gasteiger partial charge in [-0.1, -0.05) is 54.6 Å². The number of hydrogen-bond acceptors (Lipinski definition) is 2. The zero-order chi connectivity index (χ0) is 15.8. The van der Waals surface area contributed by atoms with Gasteiger partial charge in [-0.25, -0.2) is 0 Å². The van der Waals surface area contributed by atoms with Crippen molar-refractivity contribution in [3.05, 3.63) is 71.3 Å². The molecule has 0 bridgehead atoms. The fourth-order valence-electron chi connectivity index (χ4n) is 2.08. The zero-order valence-electron chi connectivity index (χ0n) is 12.6. The average molecular weight is 296 g/mol. The van der Waals surface area contributed by atoms with Gasteiger partial charge in [-0.05, 0) is 23.6 Å². The lowest BCUT2D eigenvalue weighted by atomic mass is 10.1. The lowest BCUT2D eigenvalue weighted by Crippen LogP contribution is -2.37. The molecule has 0 unspecified atom stereocenters. The minimum Gasteiger partial charge on any atom is -0.350 e. The Morgan fingerprint density at radius 1 is 0.864 bits per heavy atom. The normalized spacial score (nSPS) is 10.0. The second kappa shape index (κ2) is 7.98. The maximum Gasteiger partial charge on any atom is 0.239 e. The molecule has 2 aromatic rings. The van der Waals surface area contributed by atoms with Gasteiger partial charge in [-0.15, -0.1) is 0 Å². The van der Waals surface area contributed by atoms with Crippen LogP contribution in [0.4, 0.5) is 0 Å². The number of carbonyl (C=O) groups excluding carboxylic acids is 2. The summed E-state index contributed by atoms with van der Waals surface area (Å²) in [5, 5.41) is 5.42. The zero-order valence-corrected chi connectivity index (χ0v) is 12.6. The maximum atomic E-state index is 11.9. The van der Waals surface area contributed by atoms with Crippen LogP contribution in [0.5, 0.6) is 0 Å². The summed E-state index contributed by atoms with van der Waals surface area (Å²) in [7, 11) is 0. The maximum absolute atomic E-state index is 11.9. The molecule has 2 N–H and O–H groups in total. The molecule has 114 valence electrons. The van der Waals surface area contributed by atoms with Crippen LogP contribution in [0.2, 0.25) is 0 Å². The molecule has 0 saturated carbocycles. The van der Waals surface area contributed by atoms with E-state index in [0.29, 0.717) is 13.0 Å². The standard InChI is InChI=1S/C18H20N2O2/c1-14-7-5-6-10-16(14)11-17(21)20-13-18(22)19-12-15-8-3-2-4-9-15/h2-10H,11-13H2,1H3,(H,19,22)(H,20,21). The number of amides is 2. The van der Waals surface area contributed by atoms with Crippen molar-refractivity contribution in [2.75, 3.05) is 6.54 Å². The van der Waals surface area contributed by atoms with Crippen LogP contribution in [-0.2, 0) is 22.6 Å². The van der Waals surface area contributed by atoms with Crippen LogP contribution < -0.4 is 10.6 Å². The third kappa shape index (κ3) is 5.05. The molecule has 0 aliphatic heterocycles. The Kier molecular flexibility index (Phi) is 5.72. The minimum absolute atomic E-state index is 0.00243. The second-order valence-corrected chi connectivity index (χ2v) is 5.14. The van der Waals surface area contributed by atoms with Crippen molar-refractivity contribution < 1.29 is 9.59 Å². The van der Waals surface area contributed by atoms with Gasteiger partial charge in [0, 0.05) is 6.54 Å². The van der Waals surface area contributed by atoms with Crippen LogP contribution in [0, 0.1) is 6.92 Å². The smallest absolute Gasteiger partial charge is 0.239 e. The highest BCUT2D eigenvalue weighted by atomic mass is 16.2. The van der Waals surface area contributed by atoms with Crippen molar-refractivity contribution in [1.82, 2.24) is 10.6 Å². The molecule has 0 aromatic heterocycles. The second-order valence-electron chi connectivity index (χ2n) is 5.14. The van der Waals surface area contributed by atoms with E-state index in [9.17, 15) is 9.59 Å². The summed E-state index contributed by atoms with van der Waals surface area (Å²) in [4.78, 5) is 23.6. The van der Waals surface area contributed by atoms with E-state index in [1.165, 1.54) is 0 Å². The molecule has 2 amide bonds. The highest BCUT2D eigenvalue weighted by molar-refractivity contribution is 5.85. The van der Waals surface area contributed by atoms with Crippen molar-refractivity contribution in [2.45, 2.75) is 19.9 Å². The van der Waals surface area contributed by atoms with Gasteiger partial charge in [0.05, 0.1) is 13.0 Å². The minimum atomic E-state index is -0.193. The number of benzene rings is 2. The molecule has 4 heteroatoms. The van der Waals surface area contributed by atoms with E-state index < -0.39 is 0 Å². The van der Waals surface area contributed by atoms with Crippen LogP contribution in [0.15, 0.2) is 54.6 Å². The molecule has 0 spiro atoms. The summed E-state index contributed by atoms with van der Waals surface area (Å²) in [6.07, 6.45) is 0.290. The Hall–Kier alpha value is -2.62. The van der Waals surface area contributed by atoms with Crippen molar-refractivity contribution in [3.8, 4) is 0 Å². The summed E-state index contributed by atoms with van der Waals surface area (Å²) < 4.78 is 0. The number of carbonyl (C=O) groups is 2. The lowest BCUT2D eigenvalue weighted by Gasteiger charge is -2.08. The van der Waals surface area contributed by atoms with E-state index in [1.54, 1.807) is 0 Å². The van der Waals surface area contributed by atoms with Crippen LogP contribution >= 0.6 is 0 Å². The monoisotopic (exact) mass is 296 g/mol. The molecule has 0 saturated heterocycles. The molecular weight excluding hydrogens is 276 g/mol. The number of aryl methyl sites for hydroxylation is 1. The SMILES string of the molecule is Cc1ccccc1CC(=O)NCC(=O)NCc1ccccc1. The highest BCUT2D eigenvalue weighted by Gasteiger charge is 2.07. The molecule has 0 heterocycles. The molecule has 0 fully saturated rings. The first-order valence-corrected chi connectivity index (χ1v) is 7.27. The Morgan fingerprint density at radius 2 is 1.55 bits per heavy atom. The quantitative estimate of drug-likeness (QED) is 0.856. The van der Waals surface area contributed by atoms with E-state index in [2.05, 4.69) is 10.6 Å². The van der Waals surface area contributed by atoms with E-state index in [0.717, 1.165) is 16.7 Å².